The standard InChI is InChI=1S/C24H27N3O4S2/c1-3-23(28)27-20-10-6-18(7-11-20)17(2)26-24(29)19-8-12-22(13-9-19)33(30,31)25-15-14-21-5-4-16-32-21/h4-13,16-17,25H,3,14-15H2,1-2H3,(H,26,29)(H,27,28). The lowest BCUT2D eigenvalue weighted by atomic mass is 10.1. The number of benzene rings is 2. The van der Waals surface area contributed by atoms with E-state index in [0.29, 0.717) is 30.6 Å². The molecule has 0 aliphatic heterocycles. The van der Waals surface area contributed by atoms with Crippen LogP contribution in [0.25, 0.3) is 0 Å². The Balaban J connectivity index is 1.56. The highest BCUT2D eigenvalue weighted by atomic mass is 32.2. The van der Waals surface area contributed by atoms with Crippen LogP contribution in [0.5, 0.6) is 0 Å². The highest BCUT2D eigenvalue weighted by Crippen LogP contribution is 2.18. The number of carbonyl (C=O) groups excluding carboxylic acids is 2. The first-order valence-electron chi connectivity index (χ1n) is 10.6. The smallest absolute Gasteiger partial charge is 0.251 e. The second-order valence-electron chi connectivity index (χ2n) is 7.47. The molecule has 0 radical (unpaired) electrons. The fraction of sp³-hybridized carbons (Fsp3) is 0.250. The van der Waals surface area contributed by atoms with E-state index in [-0.39, 0.29) is 22.8 Å². The molecule has 1 heterocycles. The van der Waals surface area contributed by atoms with Crippen LogP contribution >= 0.6 is 11.3 Å². The molecule has 2 amide bonds. The van der Waals surface area contributed by atoms with Gasteiger partial charge in [0.25, 0.3) is 5.91 Å². The minimum Gasteiger partial charge on any atom is -0.346 e. The third-order valence-electron chi connectivity index (χ3n) is 5.03. The van der Waals surface area contributed by atoms with Gasteiger partial charge in [-0.25, -0.2) is 13.1 Å². The molecular weight excluding hydrogens is 458 g/mol. The molecule has 0 bridgehead atoms. The highest BCUT2D eigenvalue weighted by molar-refractivity contribution is 7.89. The lowest BCUT2D eigenvalue weighted by Gasteiger charge is -2.15. The normalized spacial score (nSPS) is 12.2. The Kier molecular flexibility index (Phi) is 8.37. The molecule has 0 spiro atoms. The topological polar surface area (TPSA) is 104 Å². The first kappa shape index (κ1) is 24.6. The third-order valence-corrected chi connectivity index (χ3v) is 7.45. The number of rotatable bonds is 10. The van der Waals surface area contributed by atoms with Crippen molar-refractivity contribution in [2.24, 2.45) is 0 Å². The molecule has 7 nitrogen and oxygen atoms in total. The number of carbonyl (C=O) groups is 2. The Morgan fingerprint density at radius 1 is 1.00 bits per heavy atom. The van der Waals surface area contributed by atoms with Crippen LogP contribution in [0.2, 0.25) is 0 Å². The first-order chi connectivity index (χ1) is 15.8. The molecule has 1 atom stereocenters. The molecule has 3 rings (SSSR count). The molecule has 0 saturated carbocycles. The molecule has 3 aromatic rings. The molecule has 0 aliphatic carbocycles. The molecule has 3 N–H and O–H groups in total. The average molecular weight is 486 g/mol. The van der Waals surface area contributed by atoms with Gasteiger partial charge in [0.1, 0.15) is 0 Å². The number of sulfonamides is 1. The maximum absolute atomic E-state index is 12.6. The maximum atomic E-state index is 12.6. The molecule has 2 aromatic carbocycles. The summed E-state index contributed by atoms with van der Waals surface area (Å²) in [6.45, 7) is 3.95. The molecule has 174 valence electrons. The van der Waals surface area contributed by atoms with Crippen LogP contribution in [0.15, 0.2) is 70.9 Å². The van der Waals surface area contributed by atoms with Gasteiger partial charge in [-0.15, -0.1) is 11.3 Å². The van der Waals surface area contributed by atoms with E-state index in [9.17, 15) is 18.0 Å². The van der Waals surface area contributed by atoms with Gasteiger partial charge >= 0.3 is 0 Å². The lowest BCUT2D eigenvalue weighted by Crippen LogP contribution is -2.27. The monoisotopic (exact) mass is 485 g/mol. The van der Waals surface area contributed by atoms with Gasteiger partial charge < -0.3 is 10.6 Å². The number of hydrogen-bond acceptors (Lipinski definition) is 5. The minimum absolute atomic E-state index is 0.0627. The summed E-state index contributed by atoms with van der Waals surface area (Å²) in [5.74, 6) is -0.368. The SMILES string of the molecule is CCC(=O)Nc1ccc(C(C)NC(=O)c2ccc(S(=O)(=O)NCCc3cccs3)cc2)cc1. The third kappa shape index (κ3) is 6.98. The van der Waals surface area contributed by atoms with E-state index in [4.69, 9.17) is 0 Å². The van der Waals surface area contributed by atoms with Gasteiger partial charge in [0.2, 0.25) is 15.9 Å². The van der Waals surface area contributed by atoms with Gasteiger partial charge in [0.15, 0.2) is 0 Å². The number of nitrogens with one attached hydrogen (secondary N) is 3. The van der Waals surface area contributed by atoms with Crippen LogP contribution in [0.4, 0.5) is 5.69 Å². The van der Waals surface area contributed by atoms with E-state index in [1.54, 1.807) is 30.4 Å². The molecule has 0 aliphatic rings. The first-order valence-corrected chi connectivity index (χ1v) is 13.0. The van der Waals surface area contributed by atoms with Crippen molar-refractivity contribution in [2.45, 2.75) is 37.6 Å². The molecule has 1 unspecified atom stereocenters. The van der Waals surface area contributed by atoms with Crippen molar-refractivity contribution in [1.29, 1.82) is 0 Å². The van der Waals surface area contributed by atoms with Crippen molar-refractivity contribution >= 4 is 38.9 Å². The van der Waals surface area contributed by atoms with Crippen molar-refractivity contribution in [3.05, 3.63) is 82.0 Å². The van der Waals surface area contributed by atoms with Crippen molar-refractivity contribution in [3.8, 4) is 0 Å². The zero-order valence-corrected chi connectivity index (χ0v) is 20.1. The van der Waals surface area contributed by atoms with E-state index in [0.717, 1.165) is 10.4 Å². The zero-order chi connectivity index (χ0) is 23.8. The molecule has 0 saturated heterocycles. The number of hydrogen-bond donors (Lipinski definition) is 3. The highest BCUT2D eigenvalue weighted by Gasteiger charge is 2.16. The Hall–Kier alpha value is -3.01. The van der Waals surface area contributed by atoms with Crippen molar-refractivity contribution in [3.63, 3.8) is 0 Å². The maximum Gasteiger partial charge on any atom is 0.251 e. The summed E-state index contributed by atoms with van der Waals surface area (Å²) < 4.78 is 27.6. The van der Waals surface area contributed by atoms with Crippen molar-refractivity contribution < 1.29 is 18.0 Å². The quantitative estimate of drug-likeness (QED) is 0.402. The fourth-order valence-corrected chi connectivity index (χ4v) is 4.84. The molecule has 0 fully saturated rings. The lowest BCUT2D eigenvalue weighted by molar-refractivity contribution is -0.115. The second-order valence-corrected chi connectivity index (χ2v) is 10.3. The van der Waals surface area contributed by atoms with Crippen LogP contribution in [0.1, 0.15) is 47.1 Å². The summed E-state index contributed by atoms with van der Waals surface area (Å²) in [6.07, 6.45) is 1.03. The van der Waals surface area contributed by atoms with Gasteiger partial charge in [-0.1, -0.05) is 25.1 Å². The van der Waals surface area contributed by atoms with E-state index < -0.39 is 10.0 Å². The molecule has 33 heavy (non-hydrogen) atoms. The summed E-state index contributed by atoms with van der Waals surface area (Å²) >= 11 is 1.59. The van der Waals surface area contributed by atoms with Crippen LogP contribution in [-0.4, -0.2) is 26.8 Å². The Morgan fingerprint density at radius 3 is 2.30 bits per heavy atom. The van der Waals surface area contributed by atoms with E-state index in [2.05, 4.69) is 15.4 Å². The number of amides is 2. The van der Waals surface area contributed by atoms with Crippen LogP contribution < -0.4 is 15.4 Å². The van der Waals surface area contributed by atoms with Gasteiger partial charge in [0, 0.05) is 29.1 Å². The van der Waals surface area contributed by atoms with E-state index in [1.165, 1.54) is 24.3 Å². The Bertz CT molecular complexity index is 1170. The van der Waals surface area contributed by atoms with E-state index in [1.807, 2.05) is 36.6 Å². The number of anilines is 1. The summed E-state index contributed by atoms with van der Waals surface area (Å²) in [5, 5.41) is 7.64. The minimum atomic E-state index is -3.64. The van der Waals surface area contributed by atoms with Crippen LogP contribution in [0, 0.1) is 0 Å². The van der Waals surface area contributed by atoms with Crippen LogP contribution in [0.3, 0.4) is 0 Å². The zero-order valence-electron chi connectivity index (χ0n) is 18.5. The fourth-order valence-electron chi connectivity index (χ4n) is 3.10. The van der Waals surface area contributed by atoms with Gasteiger partial charge in [-0.3, -0.25) is 9.59 Å². The van der Waals surface area contributed by atoms with E-state index >= 15 is 0 Å². The average Bonchev–Trinajstić information content (AvgIpc) is 3.33. The predicted molar refractivity (Wildman–Crippen MR) is 131 cm³/mol. The Morgan fingerprint density at radius 2 is 1.70 bits per heavy atom. The van der Waals surface area contributed by atoms with Gasteiger partial charge in [0.05, 0.1) is 10.9 Å². The largest absolute Gasteiger partial charge is 0.346 e. The number of thiophene rings is 1. The molecular formula is C24H27N3O4S2. The molecule has 9 heteroatoms. The van der Waals surface area contributed by atoms with Gasteiger partial charge in [-0.05, 0) is 66.8 Å². The summed E-state index contributed by atoms with van der Waals surface area (Å²) in [5.41, 5.74) is 1.95. The summed E-state index contributed by atoms with van der Waals surface area (Å²) in [6, 6.07) is 16.7. The van der Waals surface area contributed by atoms with Crippen LogP contribution in [-0.2, 0) is 21.2 Å². The summed E-state index contributed by atoms with van der Waals surface area (Å²) in [7, 11) is -3.64. The Labute approximate surface area is 198 Å². The van der Waals surface area contributed by atoms with Crippen molar-refractivity contribution in [1.82, 2.24) is 10.0 Å². The van der Waals surface area contributed by atoms with Gasteiger partial charge in [-0.2, -0.15) is 0 Å². The summed E-state index contributed by atoms with van der Waals surface area (Å²) in [4.78, 5) is 25.3. The van der Waals surface area contributed by atoms with Crippen molar-refractivity contribution in [2.75, 3.05) is 11.9 Å². The second kappa shape index (κ2) is 11.2. The molecule has 1 aromatic heterocycles. The predicted octanol–water partition coefficient (Wildman–Crippen LogP) is 4.11.